The van der Waals surface area contributed by atoms with Gasteiger partial charge in [-0.3, -0.25) is 14.7 Å². The van der Waals surface area contributed by atoms with Crippen molar-refractivity contribution >= 4 is 28.2 Å². The average Bonchev–Trinajstić information content (AvgIpc) is 3.19. The van der Waals surface area contributed by atoms with Gasteiger partial charge in [0.2, 0.25) is 5.91 Å². The summed E-state index contributed by atoms with van der Waals surface area (Å²) in [5, 5.41) is 4.37. The maximum atomic E-state index is 13.0. The van der Waals surface area contributed by atoms with E-state index in [-0.39, 0.29) is 17.9 Å². The van der Waals surface area contributed by atoms with Crippen molar-refractivity contribution in [3.8, 4) is 0 Å². The van der Waals surface area contributed by atoms with Crippen LogP contribution in [0.4, 0.5) is 5.69 Å². The number of carbonyl (C=O) groups is 1. The van der Waals surface area contributed by atoms with Gasteiger partial charge < -0.3 is 15.1 Å². The highest BCUT2D eigenvalue weighted by molar-refractivity contribution is 5.90. The van der Waals surface area contributed by atoms with Crippen LogP contribution < -0.4 is 10.2 Å². The molecule has 1 N–H and O–H groups in total. The minimum absolute atomic E-state index is 0.116. The van der Waals surface area contributed by atoms with Crippen molar-refractivity contribution in [1.82, 2.24) is 20.1 Å². The number of aromatic nitrogens is 1. The molecule has 1 amide bonds. The second-order valence-electron chi connectivity index (χ2n) is 9.27. The zero-order valence-electron chi connectivity index (χ0n) is 20.0. The minimum Gasteiger partial charge on any atom is -0.371 e. The molecule has 1 saturated heterocycles. The topological polar surface area (TPSA) is 51.7 Å². The molecule has 1 aromatic heterocycles. The molecule has 6 nitrogen and oxygen atoms in total. The Kier molecular flexibility index (Phi) is 6.50. The number of para-hydroxylation sites is 1. The number of carbonyl (C=O) groups excluding carboxylic acids is 1. The molecular formula is C28H33N5O. The number of amides is 1. The summed E-state index contributed by atoms with van der Waals surface area (Å²) >= 11 is 0. The van der Waals surface area contributed by atoms with Gasteiger partial charge in [0.25, 0.3) is 0 Å². The molecule has 5 rings (SSSR count). The van der Waals surface area contributed by atoms with Crippen LogP contribution >= 0.6 is 0 Å². The number of pyridine rings is 1. The Labute approximate surface area is 201 Å². The molecule has 0 radical (unpaired) electrons. The number of fused-ring (bicyclic) bond motifs is 1. The molecule has 34 heavy (non-hydrogen) atoms. The first-order chi connectivity index (χ1) is 16.6. The second kappa shape index (κ2) is 9.85. The predicted molar refractivity (Wildman–Crippen MR) is 139 cm³/mol. The monoisotopic (exact) mass is 455 g/mol. The van der Waals surface area contributed by atoms with Crippen molar-refractivity contribution < 1.29 is 4.79 Å². The Balaban J connectivity index is 1.12. The molecule has 0 bridgehead atoms. The van der Waals surface area contributed by atoms with Crippen LogP contribution in [0.3, 0.4) is 0 Å². The summed E-state index contributed by atoms with van der Waals surface area (Å²) in [4.78, 5) is 24.6. The fraction of sp³-hybridized carbons (Fsp3) is 0.357. The molecule has 2 aliphatic rings. The van der Waals surface area contributed by atoms with Crippen molar-refractivity contribution in [3.05, 3.63) is 78.5 Å². The van der Waals surface area contributed by atoms with Gasteiger partial charge in [0.1, 0.15) is 0 Å². The van der Waals surface area contributed by atoms with Crippen LogP contribution in [0.1, 0.15) is 12.5 Å². The van der Waals surface area contributed by atoms with Crippen LogP contribution in [0.2, 0.25) is 0 Å². The standard InChI is InChI=1S/C28H33N5O/c1-21-24(20-26(31(21)2)22-8-4-3-5-9-22)28(34)30-14-15-32-16-18-33(19-17-32)25-12-6-10-23-11-7-13-29-27(23)25/h3-13,20-21,24H,14-19H2,1-2H3,(H,30,34). The molecule has 2 atom stereocenters. The maximum Gasteiger partial charge on any atom is 0.229 e. The maximum absolute atomic E-state index is 13.0. The summed E-state index contributed by atoms with van der Waals surface area (Å²) in [5.74, 6) is -0.0124. The molecule has 2 unspecified atom stereocenters. The Morgan fingerprint density at radius 3 is 2.56 bits per heavy atom. The lowest BCUT2D eigenvalue weighted by molar-refractivity contribution is -0.124. The van der Waals surface area contributed by atoms with Crippen LogP contribution in [0.25, 0.3) is 16.6 Å². The Morgan fingerprint density at radius 1 is 1.00 bits per heavy atom. The fourth-order valence-electron chi connectivity index (χ4n) is 5.10. The summed E-state index contributed by atoms with van der Waals surface area (Å²) in [7, 11) is 2.07. The number of anilines is 1. The van der Waals surface area contributed by atoms with E-state index in [1.807, 2.05) is 30.5 Å². The molecule has 2 aliphatic heterocycles. The van der Waals surface area contributed by atoms with Gasteiger partial charge in [0.05, 0.1) is 17.1 Å². The molecular weight excluding hydrogens is 422 g/mol. The van der Waals surface area contributed by atoms with Crippen LogP contribution in [0.15, 0.2) is 72.9 Å². The van der Waals surface area contributed by atoms with E-state index < -0.39 is 0 Å². The van der Waals surface area contributed by atoms with Gasteiger partial charge in [-0.25, -0.2) is 0 Å². The highest BCUT2D eigenvalue weighted by atomic mass is 16.1. The van der Waals surface area contributed by atoms with E-state index in [2.05, 4.69) is 81.4 Å². The zero-order valence-corrected chi connectivity index (χ0v) is 20.0. The van der Waals surface area contributed by atoms with Crippen molar-refractivity contribution in [1.29, 1.82) is 0 Å². The van der Waals surface area contributed by atoms with E-state index in [0.29, 0.717) is 6.54 Å². The zero-order chi connectivity index (χ0) is 23.5. The third-order valence-electron chi connectivity index (χ3n) is 7.27. The van der Waals surface area contributed by atoms with E-state index in [0.717, 1.165) is 49.5 Å². The predicted octanol–water partition coefficient (Wildman–Crippen LogP) is 3.46. The number of rotatable bonds is 6. The fourth-order valence-corrected chi connectivity index (χ4v) is 5.10. The molecule has 0 saturated carbocycles. The van der Waals surface area contributed by atoms with Crippen molar-refractivity contribution in [2.24, 2.45) is 5.92 Å². The van der Waals surface area contributed by atoms with Crippen LogP contribution in [-0.2, 0) is 4.79 Å². The molecule has 0 aliphatic carbocycles. The third kappa shape index (κ3) is 4.50. The summed E-state index contributed by atoms with van der Waals surface area (Å²) < 4.78 is 0. The molecule has 2 aromatic carbocycles. The minimum atomic E-state index is -0.129. The molecule has 6 heteroatoms. The number of benzene rings is 2. The Morgan fingerprint density at radius 2 is 1.76 bits per heavy atom. The molecule has 176 valence electrons. The van der Waals surface area contributed by atoms with E-state index in [1.54, 1.807) is 0 Å². The summed E-state index contributed by atoms with van der Waals surface area (Å²) in [5.41, 5.74) is 4.58. The lowest BCUT2D eigenvalue weighted by atomic mass is 10.0. The normalized spacial score (nSPS) is 21.1. The number of nitrogens with zero attached hydrogens (tertiary/aromatic N) is 4. The average molecular weight is 456 g/mol. The summed E-state index contributed by atoms with van der Waals surface area (Å²) in [6.45, 7) is 7.58. The molecule has 1 fully saturated rings. The van der Waals surface area contributed by atoms with Gasteiger partial charge in [-0.1, -0.05) is 48.5 Å². The van der Waals surface area contributed by atoms with Gasteiger partial charge >= 0.3 is 0 Å². The van der Waals surface area contributed by atoms with Crippen molar-refractivity contribution in [3.63, 3.8) is 0 Å². The van der Waals surface area contributed by atoms with E-state index in [1.165, 1.54) is 11.1 Å². The highest BCUT2D eigenvalue weighted by Crippen LogP contribution is 2.32. The van der Waals surface area contributed by atoms with E-state index in [9.17, 15) is 4.79 Å². The third-order valence-corrected chi connectivity index (χ3v) is 7.27. The largest absolute Gasteiger partial charge is 0.371 e. The molecule has 3 heterocycles. The first kappa shape index (κ1) is 22.4. The summed E-state index contributed by atoms with van der Waals surface area (Å²) in [6.07, 6.45) is 3.98. The number of hydrogen-bond donors (Lipinski definition) is 1. The van der Waals surface area contributed by atoms with Gasteiger partial charge in [-0.15, -0.1) is 0 Å². The molecule has 0 spiro atoms. The van der Waals surface area contributed by atoms with Crippen LogP contribution in [-0.4, -0.2) is 73.0 Å². The Bertz CT molecular complexity index is 1160. The van der Waals surface area contributed by atoms with Gasteiger partial charge in [-0.2, -0.15) is 0 Å². The first-order valence-corrected chi connectivity index (χ1v) is 12.2. The van der Waals surface area contributed by atoms with E-state index >= 15 is 0 Å². The Hall–Kier alpha value is -3.38. The SMILES string of the molecule is CC1C(C(=O)NCCN2CCN(c3cccc4cccnc34)CC2)C=C(c2ccccc2)N1C. The van der Waals surface area contributed by atoms with Gasteiger partial charge in [-0.05, 0) is 30.7 Å². The number of piperazine rings is 1. The van der Waals surface area contributed by atoms with Gasteiger partial charge in [0.15, 0.2) is 0 Å². The number of nitrogens with one attached hydrogen (secondary N) is 1. The highest BCUT2D eigenvalue weighted by Gasteiger charge is 2.34. The second-order valence-corrected chi connectivity index (χ2v) is 9.27. The van der Waals surface area contributed by atoms with Gasteiger partial charge in [0, 0.05) is 69.6 Å². The lowest BCUT2D eigenvalue weighted by Crippen LogP contribution is -2.49. The molecule has 3 aromatic rings. The number of hydrogen-bond acceptors (Lipinski definition) is 5. The van der Waals surface area contributed by atoms with Crippen molar-refractivity contribution in [2.75, 3.05) is 51.2 Å². The lowest BCUT2D eigenvalue weighted by Gasteiger charge is -2.36. The quantitative estimate of drug-likeness (QED) is 0.617. The van der Waals surface area contributed by atoms with Crippen LogP contribution in [0.5, 0.6) is 0 Å². The summed E-state index contributed by atoms with van der Waals surface area (Å²) in [6, 6.07) is 20.9. The van der Waals surface area contributed by atoms with Crippen LogP contribution in [0, 0.1) is 5.92 Å². The first-order valence-electron chi connectivity index (χ1n) is 12.2. The smallest absolute Gasteiger partial charge is 0.229 e. The van der Waals surface area contributed by atoms with E-state index in [4.69, 9.17) is 0 Å². The van der Waals surface area contributed by atoms with Crippen molar-refractivity contribution in [2.45, 2.75) is 13.0 Å².